The summed E-state index contributed by atoms with van der Waals surface area (Å²) in [6, 6.07) is 0.603. The second-order valence-electron chi connectivity index (χ2n) is 5.75. The maximum absolute atomic E-state index is 14.7. The van der Waals surface area contributed by atoms with Crippen LogP contribution in [0.5, 0.6) is 0 Å². The molecule has 0 aromatic heterocycles. The van der Waals surface area contributed by atoms with E-state index in [4.69, 9.17) is 11.0 Å². The van der Waals surface area contributed by atoms with Crippen LogP contribution in [0.15, 0.2) is 12.1 Å². The molecule has 1 atom stereocenters. The molecule has 7 nitrogen and oxygen atoms in total. The molecule has 3 amide bonds. The number of amides is 3. The standard InChI is InChI=1S/C17H19FN4O3/c18-11-1-2-12(21-7-5-19-6-8-21)10-9-22(17(25)15(10)11)13-3-4-14(23)20-16(13)24/h1-2,13,19H,3-9H2,(H,20,23,24)/i5D2,6D2,7D2,8D2. The van der Waals surface area contributed by atoms with Gasteiger partial charge in [0.15, 0.2) is 0 Å². The molecule has 1 aromatic carbocycles. The van der Waals surface area contributed by atoms with Crippen LogP contribution in [0, 0.1) is 5.82 Å². The summed E-state index contributed by atoms with van der Waals surface area (Å²) in [5, 5.41) is 3.80. The smallest absolute Gasteiger partial charge is 0.258 e. The van der Waals surface area contributed by atoms with Crippen molar-refractivity contribution in [3.8, 4) is 0 Å². The fourth-order valence-corrected chi connectivity index (χ4v) is 3.17. The molecule has 0 aliphatic carbocycles. The normalized spacial score (nSPS) is 36.5. The Kier molecular flexibility index (Phi) is 2.27. The Morgan fingerprint density at radius 3 is 2.68 bits per heavy atom. The number of imide groups is 1. The van der Waals surface area contributed by atoms with Crippen molar-refractivity contribution in [1.82, 2.24) is 15.5 Å². The third-order valence-corrected chi connectivity index (χ3v) is 4.33. The lowest BCUT2D eigenvalue weighted by Gasteiger charge is -2.31. The molecule has 1 unspecified atom stereocenters. The van der Waals surface area contributed by atoms with Crippen LogP contribution in [0.25, 0.3) is 0 Å². The summed E-state index contributed by atoms with van der Waals surface area (Å²) in [4.78, 5) is 38.0. The molecule has 0 saturated carbocycles. The van der Waals surface area contributed by atoms with E-state index >= 15 is 0 Å². The van der Waals surface area contributed by atoms with E-state index in [0.717, 1.165) is 17.0 Å². The molecular formula is C17H19FN4O3. The number of benzene rings is 1. The molecule has 3 aliphatic heterocycles. The fraction of sp³-hybridized carbons (Fsp3) is 0.471. The summed E-state index contributed by atoms with van der Waals surface area (Å²) >= 11 is 0. The molecule has 25 heavy (non-hydrogen) atoms. The van der Waals surface area contributed by atoms with E-state index in [2.05, 4.69) is 5.32 Å². The van der Waals surface area contributed by atoms with E-state index in [1.807, 2.05) is 0 Å². The summed E-state index contributed by atoms with van der Waals surface area (Å²) in [6.45, 7) is -13.0. The molecule has 3 aliphatic rings. The highest BCUT2D eigenvalue weighted by molar-refractivity contribution is 6.06. The van der Waals surface area contributed by atoms with Gasteiger partial charge in [0.05, 0.1) is 11.0 Å². The Labute approximate surface area is 155 Å². The highest BCUT2D eigenvalue weighted by atomic mass is 19.1. The van der Waals surface area contributed by atoms with E-state index in [1.165, 1.54) is 0 Å². The molecule has 0 bridgehead atoms. The monoisotopic (exact) mass is 354 g/mol. The zero-order chi connectivity index (χ0) is 24.7. The van der Waals surface area contributed by atoms with Gasteiger partial charge in [-0.15, -0.1) is 0 Å². The molecule has 1 aromatic rings. The fourth-order valence-electron chi connectivity index (χ4n) is 3.17. The maximum Gasteiger partial charge on any atom is 0.258 e. The van der Waals surface area contributed by atoms with Gasteiger partial charge < -0.3 is 15.1 Å². The lowest BCUT2D eigenvalue weighted by Crippen LogP contribution is -2.52. The number of anilines is 1. The van der Waals surface area contributed by atoms with Gasteiger partial charge >= 0.3 is 0 Å². The first-order valence-electron chi connectivity index (χ1n) is 11.6. The molecule has 2 N–H and O–H groups in total. The quantitative estimate of drug-likeness (QED) is 0.731. The summed E-state index contributed by atoms with van der Waals surface area (Å²) in [5.41, 5.74) is -1.20. The molecular weight excluding hydrogens is 327 g/mol. The Morgan fingerprint density at radius 1 is 1.20 bits per heavy atom. The van der Waals surface area contributed by atoms with Crippen LogP contribution in [-0.2, 0) is 16.1 Å². The van der Waals surface area contributed by atoms with E-state index in [-0.39, 0.29) is 23.3 Å². The molecule has 0 spiro atoms. The Balaban J connectivity index is 1.85. The first-order chi connectivity index (χ1) is 15.0. The number of nitrogens with one attached hydrogen (secondary N) is 2. The number of piperazine rings is 1. The number of carbonyl (C=O) groups is 3. The lowest BCUT2D eigenvalue weighted by molar-refractivity contribution is -0.136. The molecule has 8 heteroatoms. The van der Waals surface area contributed by atoms with E-state index < -0.39 is 73.4 Å². The molecule has 2 saturated heterocycles. The minimum absolute atomic E-state index is 0.0261. The molecule has 2 fully saturated rings. The van der Waals surface area contributed by atoms with Crippen LogP contribution < -0.4 is 15.5 Å². The number of hydrogen-bond acceptors (Lipinski definition) is 5. The van der Waals surface area contributed by atoms with Gasteiger partial charge in [0.2, 0.25) is 11.8 Å². The molecule has 4 rings (SSSR count). The number of piperidine rings is 1. The zero-order valence-corrected chi connectivity index (χ0v) is 12.9. The lowest BCUT2D eigenvalue weighted by atomic mass is 10.0. The van der Waals surface area contributed by atoms with Gasteiger partial charge in [-0.05, 0) is 18.6 Å². The van der Waals surface area contributed by atoms with Crippen molar-refractivity contribution in [2.24, 2.45) is 0 Å². The molecule has 132 valence electrons. The van der Waals surface area contributed by atoms with E-state index in [9.17, 15) is 18.8 Å². The van der Waals surface area contributed by atoms with Crippen LogP contribution >= 0.6 is 0 Å². The Bertz CT molecular complexity index is 1060. The van der Waals surface area contributed by atoms with Crippen LogP contribution in [0.4, 0.5) is 10.1 Å². The largest absolute Gasteiger partial charge is 0.369 e. The van der Waals surface area contributed by atoms with Gasteiger partial charge in [0.25, 0.3) is 5.91 Å². The van der Waals surface area contributed by atoms with Crippen molar-refractivity contribution in [3.05, 3.63) is 29.1 Å². The van der Waals surface area contributed by atoms with E-state index in [0.29, 0.717) is 0 Å². The first-order valence-corrected chi connectivity index (χ1v) is 7.58. The molecule has 0 radical (unpaired) electrons. The first kappa shape index (κ1) is 9.28. The molecule has 3 heterocycles. The van der Waals surface area contributed by atoms with Crippen molar-refractivity contribution >= 4 is 23.4 Å². The number of hydrogen-bond donors (Lipinski definition) is 2. The number of rotatable bonds is 2. The number of nitrogens with zero attached hydrogens (tertiary/aromatic N) is 2. The summed E-state index contributed by atoms with van der Waals surface area (Å²) < 4.78 is 79.7. The maximum atomic E-state index is 14.7. The van der Waals surface area contributed by atoms with Crippen molar-refractivity contribution in [1.29, 1.82) is 0 Å². The van der Waals surface area contributed by atoms with E-state index in [1.54, 1.807) is 5.32 Å². The minimum Gasteiger partial charge on any atom is -0.369 e. The van der Waals surface area contributed by atoms with Gasteiger partial charge in [0.1, 0.15) is 11.9 Å². The van der Waals surface area contributed by atoms with Crippen LogP contribution in [0.2, 0.25) is 0 Å². The van der Waals surface area contributed by atoms with Crippen LogP contribution in [0.1, 0.15) is 39.7 Å². The van der Waals surface area contributed by atoms with Crippen molar-refractivity contribution in [2.75, 3.05) is 30.9 Å². The van der Waals surface area contributed by atoms with Gasteiger partial charge in [0, 0.05) is 55.7 Å². The van der Waals surface area contributed by atoms with Crippen molar-refractivity contribution in [2.45, 2.75) is 25.4 Å². The average Bonchev–Trinajstić information content (AvgIpc) is 3.00. The van der Waals surface area contributed by atoms with Gasteiger partial charge in [-0.25, -0.2) is 4.39 Å². The predicted octanol–water partition coefficient (Wildman–Crippen LogP) is -0.00370. The van der Waals surface area contributed by atoms with Crippen LogP contribution in [-0.4, -0.2) is 54.7 Å². The highest BCUT2D eigenvalue weighted by Gasteiger charge is 2.41. The third-order valence-electron chi connectivity index (χ3n) is 4.33. The second kappa shape index (κ2) is 6.11. The van der Waals surface area contributed by atoms with Gasteiger partial charge in [-0.2, -0.15) is 0 Å². The summed E-state index contributed by atoms with van der Waals surface area (Å²) in [7, 11) is 0. The zero-order valence-electron chi connectivity index (χ0n) is 20.9. The van der Waals surface area contributed by atoms with Crippen molar-refractivity contribution in [3.63, 3.8) is 0 Å². The third kappa shape index (κ3) is 2.66. The summed E-state index contributed by atoms with van der Waals surface area (Å²) in [5.74, 6) is -3.24. The Hall–Kier alpha value is -2.48. The second-order valence-corrected chi connectivity index (χ2v) is 5.75. The highest BCUT2D eigenvalue weighted by Crippen LogP contribution is 2.35. The predicted molar refractivity (Wildman–Crippen MR) is 87.5 cm³/mol. The SMILES string of the molecule is [2H]C1([2H])NC([2H])([2H])C([2H])([2H])N(c2ccc(F)c3c2CN(C2CCC(=O)NC2=O)C3=O)C1([2H])[2H]. The Morgan fingerprint density at radius 2 is 1.96 bits per heavy atom. The number of fused-ring (bicyclic) bond motifs is 1. The summed E-state index contributed by atoms with van der Waals surface area (Å²) in [6.07, 6.45) is -0.0864. The van der Waals surface area contributed by atoms with Crippen LogP contribution in [0.3, 0.4) is 0 Å². The number of halogens is 1. The van der Waals surface area contributed by atoms with Crippen molar-refractivity contribution < 1.29 is 29.7 Å². The van der Waals surface area contributed by atoms with Gasteiger partial charge in [-0.1, -0.05) is 0 Å². The number of carbonyl (C=O) groups excluding carboxylic acids is 3. The average molecular weight is 354 g/mol. The topological polar surface area (TPSA) is 81.8 Å². The minimum atomic E-state index is -3.18. The van der Waals surface area contributed by atoms with Gasteiger partial charge in [-0.3, -0.25) is 19.7 Å².